The SMILES string of the molecule is CCOC(=O)N[C@@H](Cc1ccccc1)C(=O)N/N=C\c1ccc(OCC(N)=O)c(OC)c1. The van der Waals surface area contributed by atoms with Crippen molar-refractivity contribution in [3.8, 4) is 11.5 Å². The first-order chi connectivity index (χ1) is 15.4. The molecule has 0 aromatic heterocycles. The van der Waals surface area contributed by atoms with Crippen molar-refractivity contribution in [2.45, 2.75) is 19.4 Å². The summed E-state index contributed by atoms with van der Waals surface area (Å²) < 4.78 is 15.4. The maximum absolute atomic E-state index is 12.6. The Balaban J connectivity index is 2.05. The van der Waals surface area contributed by atoms with Crippen LogP contribution in [-0.4, -0.2) is 50.5 Å². The van der Waals surface area contributed by atoms with Gasteiger partial charge in [-0.25, -0.2) is 10.2 Å². The summed E-state index contributed by atoms with van der Waals surface area (Å²) in [5.41, 5.74) is 8.96. The fraction of sp³-hybridized carbons (Fsp3) is 0.273. The van der Waals surface area contributed by atoms with E-state index in [0.717, 1.165) is 5.56 Å². The van der Waals surface area contributed by atoms with Gasteiger partial charge in [-0.15, -0.1) is 0 Å². The molecule has 0 saturated carbocycles. The monoisotopic (exact) mass is 442 g/mol. The van der Waals surface area contributed by atoms with Gasteiger partial charge in [-0.1, -0.05) is 30.3 Å². The summed E-state index contributed by atoms with van der Waals surface area (Å²) in [5.74, 6) is -0.407. The Kier molecular flexibility index (Phi) is 9.51. The van der Waals surface area contributed by atoms with Crippen LogP contribution in [0.1, 0.15) is 18.1 Å². The second kappa shape index (κ2) is 12.6. The van der Waals surface area contributed by atoms with Crippen LogP contribution in [0.2, 0.25) is 0 Å². The highest BCUT2D eigenvalue weighted by Gasteiger charge is 2.21. The molecular formula is C22H26N4O6. The van der Waals surface area contributed by atoms with Crippen LogP contribution >= 0.6 is 0 Å². The normalized spacial score (nSPS) is 11.4. The van der Waals surface area contributed by atoms with E-state index in [0.29, 0.717) is 17.1 Å². The number of hydrogen-bond acceptors (Lipinski definition) is 7. The second-order valence-corrected chi connectivity index (χ2v) is 6.51. The number of hydrazone groups is 1. The minimum absolute atomic E-state index is 0.185. The van der Waals surface area contributed by atoms with Gasteiger partial charge in [-0.3, -0.25) is 9.59 Å². The van der Waals surface area contributed by atoms with E-state index in [-0.39, 0.29) is 19.6 Å². The van der Waals surface area contributed by atoms with Crippen LogP contribution in [-0.2, 0) is 20.7 Å². The Hall–Kier alpha value is -4.08. The van der Waals surface area contributed by atoms with E-state index in [9.17, 15) is 14.4 Å². The van der Waals surface area contributed by atoms with Crippen molar-refractivity contribution in [2.24, 2.45) is 10.8 Å². The third-order valence-electron chi connectivity index (χ3n) is 4.11. The molecule has 0 aliphatic carbocycles. The zero-order valence-corrected chi connectivity index (χ0v) is 17.9. The number of nitrogens with two attached hydrogens (primary N) is 1. The van der Waals surface area contributed by atoms with Gasteiger partial charge in [-0.05, 0) is 36.2 Å². The van der Waals surface area contributed by atoms with E-state index in [2.05, 4.69) is 15.8 Å². The number of hydrogen-bond donors (Lipinski definition) is 3. The number of carbonyl (C=O) groups excluding carboxylic acids is 3. The lowest BCUT2D eigenvalue weighted by Crippen LogP contribution is -2.47. The lowest BCUT2D eigenvalue weighted by molar-refractivity contribution is -0.123. The average Bonchev–Trinajstić information content (AvgIpc) is 2.78. The lowest BCUT2D eigenvalue weighted by atomic mass is 10.1. The minimum atomic E-state index is -0.882. The Bertz CT molecular complexity index is 949. The molecule has 1 atom stereocenters. The predicted molar refractivity (Wildman–Crippen MR) is 118 cm³/mol. The van der Waals surface area contributed by atoms with Crippen LogP contribution in [0.15, 0.2) is 53.6 Å². The molecule has 170 valence electrons. The Labute approximate surface area is 185 Å². The topological polar surface area (TPSA) is 141 Å². The quantitative estimate of drug-likeness (QED) is 0.354. The van der Waals surface area contributed by atoms with Crippen molar-refractivity contribution in [3.63, 3.8) is 0 Å². The number of nitrogens with zero attached hydrogens (tertiary/aromatic N) is 1. The van der Waals surface area contributed by atoms with Gasteiger partial charge in [0, 0.05) is 6.42 Å². The zero-order chi connectivity index (χ0) is 23.3. The number of primary amides is 1. The Morgan fingerprint density at radius 3 is 2.53 bits per heavy atom. The molecule has 0 fully saturated rings. The van der Waals surface area contributed by atoms with Gasteiger partial charge in [0.2, 0.25) is 0 Å². The number of nitrogens with one attached hydrogen (secondary N) is 2. The highest BCUT2D eigenvalue weighted by atomic mass is 16.5. The highest BCUT2D eigenvalue weighted by molar-refractivity contribution is 5.87. The van der Waals surface area contributed by atoms with Crippen LogP contribution in [0.5, 0.6) is 11.5 Å². The standard InChI is InChI=1S/C22H26N4O6/c1-3-31-22(29)25-17(11-15-7-5-4-6-8-15)21(28)26-24-13-16-9-10-18(19(12-16)30-2)32-14-20(23)27/h4-10,12-13,17H,3,11,14H2,1-2H3,(H2,23,27)(H,25,29)(H,26,28)/b24-13-/t17-/m0/s1. The van der Waals surface area contributed by atoms with Crippen molar-refractivity contribution in [1.29, 1.82) is 0 Å². The zero-order valence-electron chi connectivity index (χ0n) is 17.9. The van der Waals surface area contributed by atoms with Crippen LogP contribution in [0.4, 0.5) is 4.79 Å². The fourth-order valence-corrected chi connectivity index (χ4v) is 2.66. The Morgan fingerprint density at radius 1 is 1.12 bits per heavy atom. The van der Waals surface area contributed by atoms with Crippen molar-refractivity contribution in [3.05, 3.63) is 59.7 Å². The molecule has 2 rings (SSSR count). The van der Waals surface area contributed by atoms with Gasteiger partial charge in [-0.2, -0.15) is 5.10 Å². The number of methoxy groups -OCH3 is 1. The maximum Gasteiger partial charge on any atom is 0.407 e. The van der Waals surface area contributed by atoms with Gasteiger partial charge in [0.05, 0.1) is 19.9 Å². The molecule has 2 aromatic carbocycles. The number of benzene rings is 2. The van der Waals surface area contributed by atoms with E-state index >= 15 is 0 Å². The van der Waals surface area contributed by atoms with Gasteiger partial charge in [0.25, 0.3) is 11.8 Å². The summed E-state index contributed by atoms with van der Waals surface area (Å²) in [6.07, 6.45) is 0.979. The third-order valence-corrected chi connectivity index (χ3v) is 4.11. The van der Waals surface area contributed by atoms with Gasteiger partial charge in [0.1, 0.15) is 6.04 Å². The molecule has 32 heavy (non-hydrogen) atoms. The number of amides is 3. The van der Waals surface area contributed by atoms with E-state index in [1.807, 2.05) is 30.3 Å². The van der Waals surface area contributed by atoms with Crippen LogP contribution in [0, 0.1) is 0 Å². The van der Waals surface area contributed by atoms with Crippen molar-refractivity contribution in [2.75, 3.05) is 20.3 Å². The van der Waals surface area contributed by atoms with Crippen molar-refractivity contribution >= 4 is 24.1 Å². The molecule has 3 amide bonds. The molecule has 0 aliphatic heterocycles. The van der Waals surface area contributed by atoms with Crippen molar-refractivity contribution in [1.82, 2.24) is 10.7 Å². The molecule has 0 radical (unpaired) electrons. The van der Waals surface area contributed by atoms with E-state index in [4.69, 9.17) is 19.9 Å². The minimum Gasteiger partial charge on any atom is -0.493 e. The molecule has 2 aromatic rings. The second-order valence-electron chi connectivity index (χ2n) is 6.51. The maximum atomic E-state index is 12.6. The van der Waals surface area contributed by atoms with Gasteiger partial charge in [0.15, 0.2) is 18.1 Å². The molecule has 10 nitrogen and oxygen atoms in total. The first-order valence-electron chi connectivity index (χ1n) is 9.82. The number of ether oxygens (including phenoxy) is 3. The Morgan fingerprint density at radius 2 is 1.88 bits per heavy atom. The van der Waals surface area contributed by atoms with E-state index in [1.54, 1.807) is 25.1 Å². The molecule has 10 heteroatoms. The summed E-state index contributed by atoms with van der Waals surface area (Å²) >= 11 is 0. The average molecular weight is 442 g/mol. The van der Waals surface area contributed by atoms with Gasteiger partial charge >= 0.3 is 6.09 Å². The molecule has 0 aliphatic rings. The van der Waals surface area contributed by atoms with Crippen LogP contribution < -0.4 is 25.9 Å². The van der Waals surface area contributed by atoms with Crippen LogP contribution in [0.25, 0.3) is 0 Å². The van der Waals surface area contributed by atoms with E-state index < -0.39 is 23.9 Å². The fourth-order valence-electron chi connectivity index (χ4n) is 2.66. The molecule has 0 heterocycles. The highest BCUT2D eigenvalue weighted by Crippen LogP contribution is 2.27. The summed E-state index contributed by atoms with van der Waals surface area (Å²) in [5, 5.41) is 6.49. The first kappa shape index (κ1) is 24.2. The summed E-state index contributed by atoms with van der Waals surface area (Å²) in [6.45, 7) is 1.58. The third kappa shape index (κ3) is 7.98. The molecule has 4 N–H and O–H groups in total. The number of carbonyl (C=O) groups is 3. The lowest BCUT2D eigenvalue weighted by Gasteiger charge is -2.16. The first-order valence-corrected chi connectivity index (χ1v) is 9.82. The largest absolute Gasteiger partial charge is 0.493 e. The molecular weight excluding hydrogens is 416 g/mol. The number of alkyl carbamates (subject to hydrolysis) is 1. The molecule has 0 unspecified atom stereocenters. The van der Waals surface area contributed by atoms with Crippen LogP contribution in [0.3, 0.4) is 0 Å². The number of rotatable bonds is 11. The summed E-state index contributed by atoms with van der Waals surface area (Å²) in [6, 6.07) is 13.2. The predicted octanol–water partition coefficient (Wildman–Crippen LogP) is 1.37. The smallest absolute Gasteiger partial charge is 0.407 e. The van der Waals surface area contributed by atoms with Crippen molar-refractivity contribution < 1.29 is 28.6 Å². The van der Waals surface area contributed by atoms with E-state index in [1.165, 1.54) is 13.3 Å². The molecule has 0 saturated heterocycles. The summed E-state index contributed by atoms with van der Waals surface area (Å²) in [7, 11) is 1.45. The van der Waals surface area contributed by atoms with Gasteiger partial charge < -0.3 is 25.3 Å². The summed E-state index contributed by atoms with van der Waals surface area (Å²) in [4.78, 5) is 35.3. The molecule has 0 spiro atoms. The molecule has 0 bridgehead atoms.